The molecule has 0 bridgehead atoms. The van der Waals surface area contributed by atoms with E-state index in [0.29, 0.717) is 0 Å². The van der Waals surface area contributed by atoms with Crippen molar-refractivity contribution < 1.29 is 26.9 Å². The van der Waals surface area contributed by atoms with Crippen molar-refractivity contribution in [2.24, 2.45) is 5.73 Å². The van der Waals surface area contributed by atoms with Gasteiger partial charge in [-0.15, -0.1) is 0 Å². The van der Waals surface area contributed by atoms with Gasteiger partial charge in [0, 0.05) is 19.4 Å². The van der Waals surface area contributed by atoms with Crippen LogP contribution in [-0.2, 0) is 9.84 Å². The van der Waals surface area contributed by atoms with Crippen molar-refractivity contribution in [1.82, 2.24) is 9.97 Å². The number of hydrogen-bond donors (Lipinski definition) is 1. The zero-order valence-corrected chi connectivity index (χ0v) is 16.1. The van der Waals surface area contributed by atoms with Crippen molar-refractivity contribution in [2.45, 2.75) is 41.9 Å². The Morgan fingerprint density at radius 1 is 1.31 bits per heavy atom. The monoisotopic (exact) mass is 428 g/mol. The van der Waals surface area contributed by atoms with Gasteiger partial charge in [0.25, 0.3) is 11.8 Å². The molecule has 1 saturated carbocycles. The number of nitrogens with zero attached hydrogens (tertiary/aromatic N) is 3. The van der Waals surface area contributed by atoms with Gasteiger partial charge in [0.05, 0.1) is 9.82 Å². The van der Waals surface area contributed by atoms with Gasteiger partial charge in [0.1, 0.15) is 22.9 Å². The first-order valence-corrected chi connectivity index (χ1v) is 10.2. The van der Waals surface area contributed by atoms with Gasteiger partial charge in [-0.05, 0) is 19.1 Å². The van der Waals surface area contributed by atoms with Gasteiger partial charge in [-0.1, -0.05) is 18.2 Å². The SMILES string of the molecule is Cc1nc(OC2CC(F)(F)C2)c([N+](=O)[O-])c(C(CN)S(=O)(=O)c2ccccc2)n1. The minimum Gasteiger partial charge on any atom is -0.469 e. The Balaban J connectivity index is 2.09. The van der Waals surface area contributed by atoms with Crippen molar-refractivity contribution in [3.63, 3.8) is 0 Å². The first kappa shape index (κ1) is 21.0. The fourth-order valence-corrected chi connectivity index (χ4v) is 4.62. The Morgan fingerprint density at radius 2 is 1.93 bits per heavy atom. The molecule has 0 radical (unpaired) electrons. The lowest BCUT2D eigenvalue weighted by atomic mass is 9.91. The number of benzene rings is 1. The maximum Gasteiger partial charge on any atom is 0.353 e. The number of nitro groups is 1. The summed E-state index contributed by atoms with van der Waals surface area (Å²) >= 11 is 0. The molecule has 9 nitrogen and oxygen atoms in total. The molecule has 12 heteroatoms. The topological polar surface area (TPSA) is 138 Å². The van der Waals surface area contributed by atoms with Gasteiger partial charge in [-0.25, -0.2) is 22.2 Å². The minimum atomic E-state index is -4.13. The van der Waals surface area contributed by atoms with Gasteiger partial charge >= 0.3 is 5.69 Å². The molecule has 1 aliphatic carbocycles. The number of aromatic nitrogens is 2. The summed E-state index contributed by atoms with van der Waals surface area (Å²) in [7, 11) is -4.13. The van der Waals surface area contributed by atoms with Gasteiger partial charge in [0.15, 0.2) is 9.84 Å². The molecule has 1 atom stereocenters. The third-order valence-corrected chi connectivity index (χ3v) is 6.56. The normalized spacial score (nSPS) is 17.4. The van der Waals surface area contributed by atoms with E-state index in [1.54, 1.807) is 6.07 Å². The summed E-state index contributed by atoms with van der Waals surface area (Å²) in [5.41, 5.74) is 4.44. The second-order valence-corrected chi connectivity index (χ2v) is 8.78. The van der Waals surface area contributed by atoms with Crippen molar-refractivity contribution in [2.75, 3.05) is 6.54 Å². The summed E-state index contributed by atoms with van der Waals surface area (Å²) in [6, 6.07) is 7.31. The zero-order chi connectivity index (χ0) is 21.4. The summed E-state index contributed by atoms with van der Waals surface area (Å²) in [4.78, 5) is 18.5. The standard InChI is InChI=1S/C17H18F2N4O5S/c1-10-21-14(13(9-20)29(26,27)12-5-3-2-4-6-12)15(23(24)25)16(22-10)28-11-7-17(18,19)8-11/h2-6,11,13H,7-9,20H2,1H3. The van der Waals surface area contributed by atoms with Crippen LogP contribution in [0.2, 0.25) is 0 Å². The number of rotatable bonds is 7. The van der Waals surface area contributed by atoms with Crippen LogP contribution in [0.4, 0.5) is 14.5 Å². The Kier molecular flexibility index (Phi) is 5.50. The van der Waals surface area contributed by atoms with E-state index in [9.17, 15) is 27.3 Å². The summed E-state index contributed by atoms with van der Waals surface area (Å²) in [6.07, 6.45) is -2.18. The molecule has 1 aromatic heterocycles. The molecule has 1 fully saturated rings. The first-order valence-electron chi connectivity index (χ1n) is 8.61. The molecular weight excluding hydrogens is 410 g/mol. The van der Waals surface area contributed by atoms with Crippen molar-refractivity contribution >= 4 is 15.5 Å². The van der Waals surface area contributed by atoms with Crippen LogP contribution in [-0.4, -0.2) is 41.9 Å². The smallest absolute Gasteiger partial charge is 0.353 e. The zero-order valence-electron chi connectivity index (χ0n) is 15.3. The molecule has 156 valence electrons. The molecule has 1 aliphatic rings. The summed E-state index contributed by atoms with van der Waals surface area (Å²) in [5, 5.41) is 10.2. The summed E-state index contributed by atoms with van der Waals surface area (Å²) in [6.45, 7) is 0.896. The molecule has 0 saturated heterocycles. The van der Waals surface area contributed by atoms with Gasteiger partial charge < -0.3 is 10.5 Å². The molecule has 0 amide bonds. The van der Waals surface area contributed by atoms with E-state index in [2.05, 4.69) is 9.97 Å². The fourth-order valence-electron chi connectivity index (χ4n) is 3.05. The summed E-state index contributed by atoms with van der Waals surface area (Å²) in [5.74, 6) is -3.45. The van der Waals surface area contributed by atoms with Crippen molar-refractivity contribution in [3.05, 3.63) is 52.0 Å². The molecule has 29 heavy (non-hydrogen) atoms. The van der Waals surface area contributed by atoms with Crippen LogP contribution >= 0.6 is 0 Å². The Morgan fingerprint density at radius 3 is 2.45 bits per heavy atom. The third-order valence-electron chi connectivity index (χ3n) is 4.47. The fraction of sp³-hybridized carbons (Fsp3) is 0.412. The molecule has 1 heterocycles. The van der Waals surface area contributed by atoms with Gasteiger partial charge in [-0.3, -0.25) is 10.1 Å². The lowest BCUT2D eigenvalue weighted by Crippen LogP contribution is -2.43. The van der Waals surface area contributed by atoms with Crippen LogP contribution < -0.4 is 10.5 Å². The highest BCUT2D eigenvalue weighted by Crippen LogP contribution is 2.43. The first-order chi connectivity index (χ1) is 13.5. The number of nitrogens with two attached hydrogens (primary N) is 1. The quantitative estimate of drug-likeness (QED) is 0.524. The van der Waals surface area contributed by atoms with Crippen LogP contribution in [0, 0.1) is 17.0 Å². The van der Waals surface area contributed by atoms with E-state index in [4.69, 9.17) is 10.5 Å². The maximum atomic E-state index is 13.1. The molecule has 0 spiro atoms. The second kappa shape index (κ2) is 7.59. The predicted octanol–water partition coefficient (Wildman–Crippen LogP) is 2.34. The average molecular weight is 428 g/mol. The van der Waals surface area contributed by atoms with Crippen LogP contribution in [0.5, 0.6) is 5.88 Å². The van der Waals surface area contributed by atoms with Crippen molar-refractivity contribution in [1.29, 1.82) is 0 Å². The van der Waals surface area contributed by atoms with E-state index in [1.807, 2.05) is 0 Å². The number of sulfone groups is 1. The lowest BCUT2D eigenvalue weighted by molar-refractivity contribution is -0.387. The number of ether oxygens (including phenoxy) is 1. The molecule has 3 rings (SSSR count). The number of alkyl halides is 2. The third kappa shape index (κ3) is 4.17. The highest BCUT2D eigenvalue weighted by Gasteiger charge is 2.48. The molecular formula is C17H18F2N4O5S. The van der Waals surface area contributed by atoms with Gasteiger partial charge in [0.2, 0.25) is 0 Å². The molecule has 1 aromatic carbocycles. The molecule has 0 aliphatic heterocycles. The van der Waals surface area contributed by atoms with E-state index in [1.165, 1.54) is 31.2 Å². The Hall–Kier alpha value is -2.73. The van der Waals surface area contributed by atoms with Gasteiger partial charge in [-0.2, -0.15) is 4.98 Å². The Labute approximate surface area is 165 Å². The summed E-state index contributed by atoms with van der Waals surface area (Å²) < 4.78 is 57.6. The van der Waals surface area contributed by atoms with Crippen molar-refractivity contribution in [3.8, 4) is 5.88 Å². The van der Waals surface area contributed by atoms with E-state index < -0.39 is 68.7 Å². The molecule has 1 unspecified atom stereocenters. The molecule has 2 aromatic rings. The second-order valence-electron chi connectivity index (χ2n) is 6.65. The number of hydrogen-bond acceptors (Lipinski definition) is 8. The highest BCUT2D eigenvalue weighted by atomic mass is 32.2. The van der Waals surface area contributed by atoms with E-state index in [-0.39, 0.29) is 10.7 Å². The average Bonchev–Trinajstić information content (AvgIpc) is 2.60. The number of halogens is 2. The van der Waals surface area contributed by atoms with Crippen LogP contribution in [0.3, 0.4) is 0 Å². The van der Waals surface area contributed by atoms with Crippen LogP contribution in [0.25, 0.3) is 0 Å². The van der Waals surface area contributed by atoms with E-state index in [0.717, 1.165) is 0 Å². The lowest BCUT2D eigenvalue weighted by Gasteiger charge is -2.34. The predicted molar refractivity (Wildman–Crippen MR) is 97.4 cm³/mol. The highest BCUT2D eigenvalue weighted by molar-refractivity contribution is 7.91. The maximum absolute atomic E-state index is 13.1. The van der Waals surface area contributed by atoms with Crippen LogP contribution in [0.1, 0.15) is 29.6 Å². The Bertz CT molecular complexity index is 1030. The molecule has 2 N–H and O–H groups in total. The minimum absolute atomic E-state index is 0.00612. The number of aryl methyl sites for hydroxylation is 1. The van der Waals surface area contributed by atoms with Crippen LogP contribution in [0.15, 0.2) is 35.2 Å². The largest absolute Gasteiger partial charge is 0.469 e. The van der Waals surface area contributed by atoms with E-state index >= 15 is 0 Å².